The Balaban J connectivity index is 1.71. The molecule has 3 heteroatoms. The fourth-order valence-corrected chi connectivity index (χ4v) is 4.78. The quantitative estimate of drug-likeness (QED) is 0.333. The van der Waals surface area contributed by atoms with E-state index in [1.54, 1.807) is 6.33 Å². The van der Waals surface area contributed by atoms with Gasteiger partial charge < -0.3 is 4.40 Å². The maximum Gasteiger partial charge on any atom is 0.116 e. The van der Waals surface area contributed by atoms with Gasteiger partial charge in [-0.15, -0.1) is 0 Å². The van der Waals surface area contributed by atoms with Crippen LogP contribution >= 0.6 is 0 Å². The molecule has 0 amide bonds. The Hall–Kier alpha value is -3.98. The highest BCUT2D eigenvalue weighted by molar-refractivity contribution is 6.23. The van der Waals surface area contributed by atoms with Gasteiger partial charge in [0, 0.05) is 21.7 Å². The van der Waals surface area contributed by atoms with Crippen molar-refractivity contribution in [3.8, 4) is 11.3 Å². The Morgan fingerprint density at radius 3 is 2.34 bits per heavy atom. The number of hydrogen-bond acceptors (Lipinski definition) is 2. The van der Waals surface area contributed by atoms with Crippen molar-refractivity contribution in [1.29, 1.82) is 0 Å². The molecule has 0 unspecified atom stereocenters. The number of nitrogens with zero attached hydrogens (tertiary/aromatic N) is 3. The number of para-hydroxylation sites is 2. The number of hydrogen-bond donors (Lipinski definition) is 0. The van der Waals surface area contributed by atoms with Crippen LogP contribution in [0.2, 0.25) is 0 Å². The summed E-state index contributed by atoms with van der Waals surface area (Å²) in [6.07, 6.45) is 1.69. The molecular formula is C26H15N3. The smallest absolute Gasteiger partial charge is 0.116 e. The average Bonchev–Trinajstić information content (AvgIpc) is 3.31. The molecule has 3 aromatic heterocycles. The van der Waals surface area contributed by atoms with Crippen molar-refractivity contribution in [1.82, 2.24) is 14.4 Å². The van der Waals surface area contributed by atoms with Crippen molar-refractivity contribution in [3.63, 3.8) is 0 Å². The second-order valence-electron chi connectivity index (χ2n) is 7.54. The minimum atomic E-state index is 0.972. The molecule has 0 saturated heterocycles. The predicted molar refractivity (Wildman–Crippen MR) is 120 cm³/mol. The maximum absolute atomic E-state index is 4.75. The Bertz CT molecular complexity index is 1710. The van der Waals surface area contributed by atoms with Crippen LogP contribution in [0.3, 0.4) is 0 Å². The van der Waals surface area contributed by atoms with Crippen LogP contribution in [0, 0.1) is 0 Å². The van der Waals surface area contributed by atoms with Crippen LogP contribution in [-0.4, -0.2) is 14.4 Å². The molecule has 0 N–H and O–H groups in total. The molecule has 0 aliphatic carbocycles. The number of rotatable bonds is 1. The maximum atomic E-state index is 4.75. The molecule has 0 fully saturated rings. The van der Waals surface area contributed by atoms with Gasteiger partial charge in [0.05, 0.1) is 22.2 Å². The van der Waals surface area contributed by atoms with Crippen LogP contribution in [0.25, 0.3) is 60.3 Å². The summed E-state index contributed by atoms with van der Waals surface area (Å²) in [5.74, 6) is 0. The minimum Gasteiger partial charge on any atom is -0.305 e. The number of benzene rings is 4. The predicted octanol–water partition coefficient (Wildman–Crippen LogP) is 6.45. The zero-order valence-electron chi connectivity index (χ0n) is 15.5. The normalized spacial score (nSPS) is 12.1. The highest BCUT2D eigenvalue weighted by Gasteiger charge is 2.20. The molecule has 7 rings (SSSR count). The van der Waals surface area contributed by atoms with Crippen LogP contribution in [0.5, 0.6) is 0 Å². The van der Waals surface area contributed by atoms with Crippen molar-refractivity contribution >= 4 is 49.0 Å². The summed E-state index contributed by atoms with van der Waals surface area (Å²) in [5.41, 5.74) is 6.60. The van der Waals surface area contributed by atoms with E-state index in [1.807, 2.05) is 0 Å². The van der Waals surface area contributed by atoms with Crippen LogP contribution in [-0.2, 0) is 0 Å². The lowest BCUT2D eigenvalue weighted by molar-refractivity contribution is 1.21. The molecule has 0 bridgehead atoms. The van der Waals surface area contributed by atoms with Gasteiger partial charge in [-0.25, -0.2) is 9.97 Å². The first-order chi connectivity index (χ1) is 14.4. The van der Waals surface area contributed by atoms with Gasteiger partial charge in [0.25, 0.3) is 0 Å². The molecular weight excluding hydrogens is 354 g/mol. The third-order valence-corrected chi connectivity index (χ3v) is 6.02. The van der Waals surface area contributed by atoms with Gasteiger partial charge in [0.1, 0.15) is 11.8 Å². The molecule has 4 aromatic carbocycles. The zero-order chi connectivity index (χ0) is 18.9. The van der Waals surface area contributed by atoms with E-state index in [2.05, 4.69) is 89.3 Å². The summed E-state index contributed by atoms with van der Waals surface area (Å²) in [5, 5.41) is 6.16. The van der Waals surface area contributed by atoms with E-state index in [0.29, 0.717) is 0 Å². The first-order valence-corrected chi connectivity index (χ1v) is 9.77. The molecule has 0 radical (unpaired) electrons. The molecule has 7 aromatic rings. The summed E-state index contributed by atoms with van der Waals surface area (Å²) >= 11 is 0. The molecule has 0 aliphatic rings. The summed E-state index contributed by atoms with van der Waals surface area (Å²) < 4.78 is 2.35. The molecule has 0 spiro atoms. The van der Waals surface area contributed by atoms with Crippen molar-refractivity contribution in [2.75, 3.05) is 0 Å². The van der Waals surface area contributed by atoms with Gasteiger partial charge in [-0.05, 0) is 22.9 Å². The largest absolute Gasteiger partial charge is 0.305 e. The van der Waals surface area contributed by atoms with Crippen molar-refractivity contribution in [2.45, 2.75) is 0 Å². The van der Waals surface area contributed by atoms with E-state index >= 15 is 0 Å². The van der Waals surface area contributed by atoms with Gasteiger partial charge in [-0.2, -0.15) is 0 Å². The minimum absolute atomic E-state index is 0.972. The Morgan fingerprint density at radius 2 is 1.38 bits per heavy atom. The fourth-order valence-electron chi connectivity index (χ4n) is 4.78. The summed E-state index contributed by atoms with van der Waals surface area (Å²) in [6.45, 7) is 0. The zero-order valence-corrected chi connectivity index (χ0v) is 15.5. The van der Waals surface area contributed by atoms with Crippen LogP contribution in [0.15, 0.2) is 91.3 Å². The van der Waals surface area contributed by atoms with Crippen LogP contribution in [0.4, 0.5) is 0 Å². The highest BCUT2D eigenvalue weighted by atomic mass is 15.0. The molecule has 0 atom stereocenters. The number of aromatic nitrogens is 3. The van der Waals surface area contributed by atoms with Crippen molar-refractivity contribution in [2.24, 2.45) is 0 Å². The van der Waals surface area contributed by atoms with E-state index < -0.39 is 0 Å². The van der Waals surface area contributed by atoms with Gasteiger partial charge in [0.2, 0.25) is 0 Å². The topological polar surface area (TPSA) is 30.2 Å². The summed E-state index contributed by atoms with van der Waals surface area (Å²) in [4.78, 5) is 9.45. The van der Waals surface area contributed by atoms with Crippen LogP contribution in [0.1, 0.15) is 0 Å². The second-order valence-corrected chi connectivity index (χ2v) is 7.54. The van der Waals surface area contributed by atoms with E-state index in [0.717, 1.165) is 22.3 Å². The second kappa shape index (κ2) is 5.30. The first kappa shape index (κ1) is 15.0. The van der Waals surface area contributed by atoms with E-state index in [1.165, 1.54) is 38.0 Å². The Labute approximate surface area is 166 Å². The molecule has 0 aliphatic heterocycles. The van der Waals surface area contributed by atoms with Gasteiger partial charge in [-0.1, -0.05) is 72.8 Å². The Kier molecular flexibility index (Phi) is 2.74. The van der Waals surface area contributed by atoms with Crippen LogP contribution < -0.4 is 0 Å². The first-order valence-electron chi connectivity index (χ1n) is 9.77. The van der Waals surface area contributed by atoms with E-state index in [-0.39, 0.29) is 0 Å². The summed E-state index contributed by atoms with van der Waals surface area (Å²) in [7, 11) is 0. The summed E-state index contributed by atoms with van der Waals surface area (Å²) in [6, 6.07) is 30.1. The lowest BCUT2D eigenvalue weighted by atomic mass is 10.0. The Morgan fingerprint density at radius 1 is 0.586 bits per heavy atom. The van der Waals surface area contributed by atoms with Gasteiger partial charge >= 0.3 is 0 Å². The van der Waals surface area contributed by atoms with Gasteiger partial charge in [0.15, 0.2) is 0 Å². The molecule has 0 saturated carbocycles. The molecule has 134 valence electrons. The monoisotopic (exact) mass is 369 g/mol. The van der Waals surface area contributed by atoms with E-state index in [4.69, 9.17) is 9.97 Å². The lowest BCUT2D eigenvalue weighted by Crippen LogP contribution is -1.91. The average molecular weight is 369 g/mol. The standard InChI is InChI=1S/C26H15N3/c1-2-7-17-14-18(13-12-16(17)6-1)23-26-24(28-15-27-23)21-10-5-9-20-19-8-3-4-11-22(19)29(26)25(20)21/h1-15H. The highest BCUT2D eigenvalue weighted by Crippen LogP contribution is 2.40. The van der Waals surface area contributed by atoms with Gasteiger partial charge in [-0.3, -0.25) is 0 Å². The SMILES string of the molecule is c1ccc2cc(-c3ncnc4c5cccc6c7ccccc7n(c34)c65)ccc2c1. The van der Waals surface area contributed by atoms with Crippen molar-refractivity contribution < 1.29 is 0 Å². The number of fused-ring (bicyclic) bond motifs is 7. The molecule has 29 heavy (non-hydrogen) atoms. The molecule has 3 heterocycles. The van der Waals surface area contributed by atoms with E-state index in [9.17, 15) is 0 Å². The van der Waals surface area contributed by atoms with Crippen molar-refractivity contribution in [3.05, 3.63) is 91.3 Å². The third kappa shape index (κ3) is 1.87. The molecule has 3 nitrogen and oxygen atoms in total. The fraction of sp³-hybridized carbons (Fsp3) is 0. The third-order valence-electron chi connectivity index (χ3n) is 6.02. The lowest BCUT2D eigenvalue weighted by Gasteiger charge is -2.06.